The third-order valence-corrected chi connectivity index (χ3v) is 8.49. The Morgan fingerprint density at radius 2 is 1.63 bits per heavy atom. The number of amides is 3. The Kier molecular flexibility index (Phi) is 11.4. The lowest BCUT2D eigenvalue weighted by Crippen LogP contribution is -2.40. The van der Waals surface area contributed by atoms with Gasteiger partial charge in [0.25, 0.3) is 5.91 Å². The second-order valence-electron chi connectivity index (χ2n) is 9.62. The highest BCUT2D eigenvalue weighted by Crippen LogP contribution is 2.43. The fourth-order valence-corrected chi connectivity index (χ4v) is 6.00. The molecule has 4 rings (SSSR count). The maximum atomic E-state index is 13.2. The fourth-order valence-electron chi connectivity index (χ4n) is 4.64. The molecule has 1 aliphatic heterocycles. The quantitative estimate of drug-likeness (QED) is 0.0769. The Morgan fingerprint density at radius 3 is 2.26 bits per heavy atom. The van der Waals surface area contributed by atoms with Crippen LogP contribution < -0.4 is 25.6 Å². The molecule has 11 heteroatoms. The zero-order chi connectivity index (χ0) is 30.6. The molecule has 0 saturated heterocycles. The summed E-state index contributed by atoms with van der Waals surface area (Å²) in [6.07, 6.45) is 1.18. The van der Waals surface area contributed by atoms with Crippen LogP contribution in [0, 0.1) is 11.8 Å². The maximum Gasteiger partial charge on any atom is 0.296 e. The molecule has 3 aromatic rings. The number of hydrogen-bond donors (Lipinski definition) is 4. The van der Waals surface area contributed by atoms with Crippen LogP contribution in [0.15, 0.2) is 77.7 Å². The van der Waals surface area contributed by atoms with E-state index in [-0.39, 0.29) is 31.4 Å². The van der Waals surface area contributed by atoms with E-state index in [2.05, 4.69) is 22.5 Å². The van der Waals surface area contributed by atoms with Crippen LogP contribution in [0.4, 0.5) is 0 Å². The van der Waals surface area contributed by atoms with Crippen molar-refractivity contribution in [2.45, 2.75) is 42.2 Å². The summed E-state index contributed by atoms with van der Waals surface area (Å²) in [7, 11) is 0. The van der Waals surface area contributed by atoms with Gasteiger partial charge in [0.2, 0.25) is 17.1 Å². The van der Waals surface area contributed by atoms with Gasteiger partial charge in [0.05, 0.1) is 12.5 Å². The first-order chi connectivity index (χ1) is 20.9. The molecule has 0 fully saturated rings. The third kappa shape index (κ3) is 8.29. The summed E-state index contributed by atoms with van der Waals surface area (Å²) >= 11 is -1.72. The van der Waals surface area contributed by atoms with Crippen molar-refractivity contribution in [1.29, 1.82) is 0 Å². The van der Waals surface area contributed by atoms with Crippen molar-refractivity contribution in [3.63, 3.8) is 0 Å². The second kappa shape index (κ2) is 15.7. The molecule has 0 spiro atoms. The fraction of sp³-hybridized carbons (Fsp3) is 0.281. The van der Waals surface area contributed by atoms with Crippen molar-refractivity contribution in [2.75, 3.05) is 19.7 Å². The van der Waals surface area contributed by atoms with Gasteiger partial charge in [0, 0.05) is 24.1 Å². The number of ether oxygens (including phenoxy) is 2. The number of unbranched alkanes of at least 4 members (excludes halogenated alkanes) is 1. The monoisotopic (exact) mass is 603 g/mol. The summed E-state index contributed by atoms with van der Waals surface area (Å²) in [5.41, 5.74) is 3.05. The highest BCUT2D eigenvalue weighted by Gasteiger charge is 2.33. The van der Waals surface area contributed by atoms with Gasteiger partial charge in [-0.1, -0.05) is 42.3 Å². The standard InChI is InChI=1S/C32H33N3O7S/c1-2-3-20-41-22-15-17-23(18-16-22)43(40)28(31(37)35-39)14-8-9-19-33-29(36)21-34-32(38)30-24-10-4-6-12-26(24)42-27-13-7-5-11-25(27)30/h4-7,10-13,15-18,28,30,39H,8-9,14,19-21H2,1H3,(H,33,36)(H,34,38)(H,35,37). The Labute approximate surface area is 253 Å². The molecule has 1 aliphatic rings. The summed E-state index contributed by atoms with van der Waals surface area (Å²) < 4.78 is 24.5. The predicted molar refractivity (Wildman–Crippen MR) is 160 cm³/mol. The SMILES string of the molecule is CC#CCOc1ccc([S+]([O-])C(CCCCNC(=O)CNC(=O)C2c3ccccc3Oc3ccccc32)C(=O)NO)cc1. The Balaban J connectivity index is 1.23. The van der Waals surface area contributed by atoms with E-state index in [0.29, 0.717) is 41.5 Å². The number of hydroxylamine groups is 1. The zero-order valence-corrected chi connectivity index (χ0v) is 24.4. The molecule has 2 unspecified atom stereocenters. The molecule has 10 nitrogen and oxygen atoms in total. The largest absolute Gasteiger partial charge is 0.611 e. The van der Waals surface area contributed by atoms with Crippen LogP contribution in [0.2, 0.25) is 0 Å². The van der Waals surface area contributed by atoms with Crippen molar-refractivity contribution in [1.82, 2.24) is 16.1 Å². The highest BCUT2D eigenvalue weighted by atomic mass is 32.2. The van der Waals surface area contributed by atoms with Crippen LogP contribution in [-0.2, 0) is 25.6 Å². The van der Waals surface area contributed by atoms with Crippen LogP contribution in [-0.4, -0.2) is 52.4 Å². The molecular formula is C32H33N3O7S. The number of para-hydroxylation sites is 2. The Morgan fingerprint density at radius 1 is 0.977 bits per heavy atom. The van der Waals surface area contributed by atoms with Crippen LogP contribution in [0.3, 0.4) is 0 Å². The van der Waals surface area contributed by atoms with Crippen LogP contribution in [0.25, 0.3) is 0 Å². The van der Waals surface area contributed by atoms with Gasteiger partial charge in [0.1, 0.15) is 23.9 Å². The Bertz CT molecular complexity index is 1440. The minimum Gasteiger partial charge on any atom is -0.611 e. The van der Waals surface area contributed by atoms with E-state index in [1.807, 2.05) is 36.4 Å². The number of rotatable bonds is 13. The van der Waals surface area contributed by atoms with Crippen LogP contribution in [0.1, 0.15) is 43.2 Å². The van der Waals surface area contributed by atoms with Crippen molar-refractivity contribution in [2.24, 2.45) is 0 Å². The average Bonchev–Trinajstić information content (AvgIpc) is 3.04. The zero-order valence-electron chi connectivity index (χ0n) is 23.6. The van der Waals surface area contributed by atoms with Crippen molar-refractivity contribution < 1.29 is 33.6 Å². The molecule has 0 aliphatic carbocycles. The highest BCUT2D eigenvalue weighted by molar-refractivity contribution is 7.92. The topological polar surface area (TPSA) is 149 Å². The smallest absolute Gasteiger partial charge is 0.296 e. The van der Waals surface area contributed by atoms with Gasteiger partial charge in [-0.3, -0.25) is 19.6 Å². The lowest BCUT2D eigenvalue weighted by Gasteiger charge is -2.27. The minimum absolute atomic E-state index is 0.204. The molecule has 0 radical (unpaired) electrons. The average molecular weight is 604 g/mol. The molecule has 0 aromatic heterocycles. The number of hydrogen-bond acceptors (Lipinski definition) is 7. The molecule has 224 valence electrons. The maximum absolute atomic E-state index is 13.2. The molecule has 3 amide bonds. The molecule has 2 atom stereocenters. The first kappa shape index (κ1) is 31.4. The molecule has 0 saturated carbocycles. The summed E-state index contributed by atoms with van der Waals surface area (Å²) in [6.45, 7) is 2.04. The van der Waals surface area contributed by atoms with E-state index in [0.717, 1.165) is 11.1 Å². The van der Waals surface area contributed by atoms with E-state index in [4.69, 9.17) is 9.47 Å². The van der Waals surface area contributed by atoms with E-state index < -0.39 is 28.3 Å². The molecular weight excluding hydrogens is 570 g/mol. The summed E-state index contributed by atoms with van der Waals surface area (Å²) in [4.78, 5) is 38.3. The summed E-state index contributed by atoms with van der Waals surface area (Å²) in [5.74, 6) is 5.24. The first-order valence-corrected chi connectivity index (χ1v) is 15.0. The van der Waals surface area contributed by atoms with Crippen molar-refractivity contribution in [3.05, 3.63) is 83.9 Å². The second-order valence-corrected chi connectivity index (χ2v) is 11.3. The number of carbonyl (C=O) groups excluding carboxylic acids is 3. The van der Waals surface area contributed by atoms with Gasteiger partial charge in [0.15, 0.2) is 4.90 Å². The Hall–Kier alpha value is -4.50. The van der Waals surface area contributed by atoms with E-state index >= 15 is 0 Å². The number of carbonyl (C=O) groups is 3. The van der Waals surface area contributed by atoms with Crippen LogP contribution >= 0.6 is 0 Å². The molecule has 0 bridgehead atoms. The van der Waals surface area contributed by atoms with E-state index in [9.17, 15) is 24.1 Å². The van der Waals surface area contributed by atoms with Crippen LogP contribution in [0.5, 0.6) is 17.2 Å². The van der Waals surface area contributed by atoms with Gasteiger partial charge in [-0.2, -0.15) is 0 Å². The third-order valence-electron chi connectivity index (χ3n) is 6.79. The minimum atomic E-state index is -1.72. The van der Waals surface area contributed by atoms with E-state index in [1.165, 1.54) is 0 Å². The summed E-state index contributed by atoms with van der Waals surface area (Å²) in [5, 5.41) is 13.7. The van der Waals surface area contributed by atoms with Gasteiger partial charge in [-0.25, -0.2) is 5.48 Å². The van der Waals surface area contributed by atoms with Gasteiger partial charge in [-0.05, 0) is 67.3 Å². The molecule has 43 heavy (non-hydrogen) atoms. The molecule has 3 aromatic carbocycles. The number of nitrogens with one attached hydrogen (secondary N) is 3. The first-order valence-electron chi connectivity index (χ1n) is 13.8. The van der Waals surface area contributed by atoms with Crippen molar-refractivity contribution in [3.8, 4) is 29.1 Å². The molecule has 1 heterocycles. The number of benzene rings is 3. The predicted octanol–water partition coefficient (Wildman–Crippen LogP) is 3.41. The lowest BCUT2D eigenvalue weighted by atomic mass is 9.87. The van der Waals surface area contributed by atoms with E-state index in [1.54, 1.807) is 48.8 Å². The lowest BCUT2D eigenvalue weighted by molar-refractivity contribution is -0.129. The van der Waals surface area contributed by atoms with Gasteiger partial charge in [-0.15, -0.1) is 5.92 Å². The normalized spacial score (nSPS) is 13.1. The number of fused-ring (bicyclic) bond motifs is 2. The molecule has 4 N–H and O–H groups in total. The summed E-state index contributed by atoms with van der Waals surface area (Å²) in [6, 6.07) is 21.1. The van der Waals surface area contributed by atoms with Gasteiger partial charge >= 0.3 is 0 Å². The van der Waals surface area contributed by atoms with Gasteiger partial charge < -0.3 is 24.7 Å². The van der Waals surface area contributed by atoms with Crippen molar-refractivity contribution >= 4 is 28.9 Å².